The van der Waals surface area contributed by atoms with E-state index in [9.17, 15) is 4.57 Å². The predicted molar refractivity (Wildman–Crippen MR) is 110 cm³/mol. The molecular formula is C23H26NOP. The Morgan fingerprint density at radius 3 is 2.19 bits per heavy atom. The minimum Gasteiger partial charge on any atom is -0.297 e. The Kier molecular flexibility index (Phi) is 4.29. The molecule has 3 heteroatoms. The summed E-state index contributed by atoms with van der Waals surface area (Å²) in [6.07, 6.45) is 7.56. The fourth-order valence-electron chi connectivity index (χ4n) is 4.44. The molecule has 0 bridgehead atoms. The zero-order chi connectivity index (χ0) is 18.4. The third-order valence-corrected chi connectivity index (χ3v) is 8.97. The maximum absolute atomic E-state index is 14.8. The normalized spacial score (nSPS) is 28.7. The summed E-state index contributed by atoms with van der Waals surface area (Å²) < 4.78 is 17.1. The predicted octanol–water partition coefficient (Wildman–Crippen LogP) is 5.91. The molecule has 0 aromatic heterocycles. The SMILES string of the molecule is CC(C)(C)N1[C@H](c2ccccc2)[C@H]2C=CCC=C2P1(=O)c1ccccc1. The molecule has 0 N–H and O–H groups in total. The number of nitrogens with zero attached hydrogens (tertiary/aromatic N) is 1. The Labute approximate surface area is 156 Å². The topological polar surface area (TPSA) is 20.3 Å². The van der Waals surface area contributed by atoms with Crippen LogP contribution in [-0.4, -0.2) is 10.2 Å². The third-order valence-electron chi connectivity index (χ3n) is 5.34. The van der Waals surface area contributed by atoms with Crippen molar-refractivity contribution in [1.82, 2.24) is 4.67 Å². The fraction of sp³-hybridized carbons (Fsp3) is 0.304. The Morgan fingerprint density at radius 2 is 1.58 bits per heavy atom. The van der Waals surface area contributed by atoms with Gasteiger partial charge in [-0.15, -0.1) is 0 Å². The van der Waals surface area contributed by atoms with E-state index >= 15 is 0 Å². The van der Waals surface area contributed by atoms with Gasteiger partial charge >= 0.3 is 0 Å². The maximum Gasteiger partial charge on any atom is 0.204 e. The molecule has 134 valence electrons. The lowest BCUT2D eigenvalue weighted by Crippen LogP contribution is -2.41. The van der Waals surface area contributed by atoms with Crippen LogP contribution in [0.25, 0.3) is 0 Å². The van der Waals surface area contributed by atoms with Gasteiger partial charge in [0, 0.05) is 22.1 Å². The van der Waals surface area contributed by atoms with Gasteiger partial charge in [0.15, 0.2) is 0 Å². The standard InChI is InChI=1S/C23H26NOP/c1-23(2,3)24-22(18-12-6-4-7-13-18)20-16-10-11-17-21(20)26(24,25)19-14-8-5-9-15-19/h4-10,12-17,20,22H,11H2,1-3H3/t20-,22+,26?/m0/s1. The van der Waals surface area contributed by atoms with Crippen molar-refractivity contribution in [3.05, 3.63) is 89.8 Å². The minimum absolute atomic E-state index is 0.0880. The summed E-state index contributed by atoms with van der Waals surface area (Å²) >= 11 is 0. The summed E-state index contributed by atoms with van der Waals surface area (Å²) in [5.74, 6) is 0.163. The summed E-state index contributed by atoms with van der Waals surface area (Å²) in [5, 5.41) is 2.05. The molecular weight excluding hydrogens is 337 g/mol. The molecule has 0 saturated carbocycles. The van der Waals surface area contributed by atoms with E-state index in [0.717, 1.165) is 17.0 Å². The Morgan fingerprint density at radius 1 is 0.962 bits per heavy atom. The molecule has 1 aliphatic carbocycles. The fourth-order valence-corrected chi connectivity index (χ4v) is 8.26. The first-order chi connectivity index (χ1) is 12.4. The molecule has 1 saturated heterocycles. The quantitative estimate of drug-likeness (QED) is 0.489. The van der Waals surface area contributed by atoms with E-state index in [0.29, 0.717) is 0 Å². The van der Waals surface area contributed by atoms with E-state index in [2.05, 4.69) is 67.9 Å². The lowest BCUT2D eigenvalue weighted by Gasteiger charge is -2.41. The van der Waals surface area contributed by atoms with E-state index < -0.39 is 7.29 Å². The first kappa shape index (κ1) is 17.5. The molecule has 2 aromatic carbocycles. The van der Waals surface area contributed by atoms with Crippen molar-refractivity contribution in [2.45, 2.75) is 38.8 Å². The van der Waals surface area contributed by atoms with Crippen molar-refractivity contribution < 1.29 is 4.57 Å². The van der Waals surface area contributed by atoms with E-state index in [1.807, 2.05) is 36.4 Å². The molecule has 0 radical (unpaired) electrons. The van der Waals surface area contributed by atoms with Gasteiger partial charge in [0.1, 0.15) is 0 Å². The van der Waals surface area contributed by atoms with E-state index in [4.69, 9.17) is 0 Å². The highest BCUT2D eigenvalue weighted by molar-refractivity contribution is 7.73. The highest BCUT2D eigenvalue weighted by Crippen LogP contribution is 2.73. The van der Waals surface area contributed by atoms with Gasteiger partial charge in [-0.1, -0.05) is 66.8 Å². The average Bonchev–Trinajstić information content (AvgIpc) is 2.94. The molecule has 1 aliphatic heterocycles. The Balaban J connectivity index is 1.99. The van der Waals surface area contributed by atoms with Crippen molar-refractivity contribution in [1.29, 1.82) is 0 Å². The summed E-state index contributed by atoms with van der Waals surface area (Å²) in [5.41, 5.74) is 1.01. The number of fused-ring (bicyclic) bond motifs is 1. The van der Waals surface area contributed by atoms with Gasteiger partial charge in [0.2, 0.25) is 7.29 Å². The van der Waals surface area contributed by atoms with E-state index in [1.54, 1.807) is 0 Å². The smallest absolute Gasteiger partial charge is 0.204 e. The molecule has 0 spiro atoms. The highest BCUT2D eigenvalue weighted by atomic mass is 31.2. The zero-order valence-corrected chi connectivity index (χ0v) is 16.6. The van der Waals surface area contributed by atoms with Crippen LogP contribution in [0.3, 0.4) is 0 Å². The monoisotopic (exact) mass is 363 g/mol. The lowest BCUT2D eigenvalue weighted by molar-refractivity contribution is 0.189. The van der Waals surface area contributed by atoms with Crippen LogP contribution in [0.5, 0.6) is 0 Å². The summed E-state index contributed by atoms with van der Waals surface area (Å²) in [6.45, 7) is 6.54. The number of hydrogen-bond acceptors (Lipinski definition) is 1. The molecule has 1 fully saturated rings. The Hall–Kier alpha value is -1.89. The van der Waals surface area contributed by atoms with E-state index in [-0.39, 0.29) is 17.5 Å². The van der Waals surface area contributed by atoms with Crippen molar-refractivity contribution >= 4 is 12.6 Å². The third kappa shape index (κ3) is 2.64. The van der Waals surface area contributed by atoms with Crippen LogP contribution in [0.15, 0.2) is 84.2 Å². The van der Waals surface area contributed by atoms with E-state index in [1.165, 1.54) is 5.56 Å². The van der Waals surface area contributed by atoms with Gasteiger partial charge in [0.05, 0.1) is 6.04 Å². The first-order valence-electron chi connectivity index (χ1n) is 9.32. The van der Waals surface area contributed by atoms with Gasteiger partial charge in [0.25, 0.3) is 0 Å². The molecule has 1 unspecified atom stereocenters. The summed E-state index contributed by atoms with van der Waals surface area (Å²) in [7, 11) is -2.86. The average molecular weight is 363 g/mol. The van der Waals surface area contributed by atoms with Gasteiger partial charge in [-0.25, -0.2) is 4.67 Å². The minimum atomic E-state index is -2.86. The number of allylic oxidation sites excluding steroid dienone is 2. The largest absolute Gasteiger partial charge is 0.297 e. The Bertz CT molecular complexity index is 893. The van der Waals surface area contributed by atoms with Gasteiger partial charge < -0.3 is 0 Å². The van der Waals surface area contributed by atoms with Crippen LogP contribution >= 0.6 is 7.29 Å². The second-order valence-corrected chi connectivity index (χ2v) is 10.7. The molecule has 1 heterocycles. The van der Waals surface area contributed by atoms with Crippen molar-refractivity contribution in [2.24, 2.45) is 5.92 Å². The molecule has 3 atom stereocenters. The van der Waals surface area contributed by atoms with Crippen molar-refractivity contribution in [3.63, 3.8) is 0 Å². The van der Waals surface area contributed by atoms with Gasteiger partial charge in [-0.3, -0.25) is 4.57 Å². The molecule has 2 aromatic rings. The van der Waals surface area contributed by atoms with Gasteiger partial charge in [-0.2, -0.15) is 0 Å². The first-order valence-corrected chi connectivity index (χ1v) is 11.0. The number of benzene rings is 2. The second kappa shape index (κ2) is 6.37. The van der Waals surface area contributed by atoms with Crippen LogP contribution in [0.4, 0.5) is 0 Å². The lowest BCUT2D eigenvalue weighted by atomic mass is 9.88. The molecule has 2 nitrogen and oxygen atoms in total. The van der Waals surface area contributed by atoms with Crippen LogP contribution < -0.4 is 5.30 Å². The molecule has 0 amide bonds. The van der Waals surface area contributed by atoms with Crippen molar-refractivity contribution in [2.75, 3.05) is 0 Å². The van der Waals surface area contributed by atoms with Gasteiger partial charge in [-0.05, 0) is 44.9 Å². The highest BCUT2D eigenvalue weighted by Gasteiger charge is 2.56. The van der Waals surface area contributed by atoms with Crippen LogP contribution in [0.1, 0.15) is 38.8 Å². The second-order valence-electron chi connectivity index (χ2n) is 8.10. The zero-order valence-electron chi connectivity index (χ0n) is 15.7. The summed E-state index contributed by atoms with van der Waals surface area (Å²) in [4.78, 5) is 0. The van der Waals surface area contributed by atoms with Crippen LogP contribution in [0, 0.1) is 5.92 Å². The number of rotatable bonds is 2. The molecule has 4 rings (SSSR count). The molecule has 2 aliphatic rings. The van der Waals surface area contributed by atoms with Crippen LogP contribution in [0.2, 0.25) is 0 Å². The molecule has 26 heavy (non-hydrogen) atoms. The maximum atomic E-state index is 14.8. The van der Waals surface area contributed by atoms with Crippen molar-refractivity contribution in [3.8, 4) is 0 Å². The van der Waals surface area contributed by atoms with Crippen LogP contribution in [-0.2, 0) is 4.57 Å². The summed E-state index contributed by atoms with van der Waals surface area (Å²) in [6, 6.07) is 20.7. The number of hydrogen-bond donors (Lipinski definition) is 0.